The average Bonchev–Trinajstić information content (AvgIpc) is 2.18. The summed E-state index contributed by atoms with van der Waals surface area (Å²) in [5.41, 5.74) is 0. The Morgan fingerprint density at radius 3 is 2.91 bits per heavy atom. The van der Waals surface area contributed by atoms with E-state index in [9.17, 15) is 4.79 Å². The van der Waals surface area contributed by atoms with Gasteiger partial charge in [-0.1, -0.05) is 0 Å². The first kappa shape index (κ1) is 8.22. The van der Waals surface area contributed by atoms with Gasteiger partial charge in [0, 0.05) is 6.92 Å². The zero-order valence-corrected chi connectivity index (χ0v) is 7.24. The lowest BCUT2D eigenvalue weighted by molar-refractivity contribution is -0.142. The van der Waals surface area contributed by atoms with Crippen LogP contribution in [0.3, 0.4) is 0 Å². The summed E-state index contributed by atoms with van der Waals surface area (Å²) in [6, 6.07) is 0. The van der Waals surface area contributed by atoms with Gasteiger partial charge in [-0.3, -0.25) is 0 Å². The van der Waals surface area contributed by atoms with E-state index in [0.29, 0.717) is 3.95 Å². The van der Waals surface area contributed by atoms with Crippen molar-refractivity contribution in [2.45, 2.75) is 6.92 Å². The van der Waals surface area contributed by atoms with Gasteiger partial charge in [0.05, 0.1) is 5.38 Å². The Labute approximate surface area is 71.6 Å². The number of carbonyl (C=O) groups excluding carboxylic acids is 1. The molecule has 0 atom stereocenters. The maximum atomic E-state index is 10.4. The van der Waals surface area contributed by atoms with Gasteiger partial charge in [0.25, 0.3) is 0 Å². The highest BCUT2D eigenvalue weighted by atomic mass is 32.1. The van der Waals surface area contributed by atoms with Crippen LogP contribution in [-0.4, -0.2) is 15.8 Å². The van der Waals surface area contributed by atoms with Gasteiger partial charge in [-0.05, 0) is 12.2 Å². The fraction of sp³-hybridized carbons (Fsp3) is 0.200. The van der Waals surface area contributed by atoms with E-state index in [1.54, 1.807) is 0 Å². The van der Waals surface area contributed by atoms with Crippen molar-refractivity contribution in [1.29, 1.82) is 0 Å². The molecule has 4 nitrogen and oxygen atoms in total. The molecular formula is C5H5NO3S2. The average molecular weight is 191 g/mol. The Balaban J connectivity index is 3.01. The molecular weight excluding hydrogens is 186 g/mol. The summed E-state index contributed by atoms with van der Waals surface area (Å²) < 4.78 is 1.21. The van der Waals surface area contributed by atoms with Crippen LogP contribution < -0.4 is 4.84 Å². The van der Waals surface area contributed by atoms with Crippen molar-refractivity contribution in [3.05, 3.63) is 9.33 Å². The number of hydrogen-bond donors (Lipinski definition) is 1. The Kier molecular flexibility index (Phi) is 2.25. The van der Waals surface area contributed by atoms with Crippen LogP contribution in [0, 0.1) is 3.95 Å². The van der Waals surface area contributed by atoms with Gasteiger partial charge in [-0.2, -0.15) is 0 Å². The summed E-state index contributed by atoms with van der Waals surface area (Å²) in [5.74, 6) is -0.676. The number of aromatic nitrogens is 1. The van der Waals surface area contributed by atoms with E-state index in [0.717, 1.165) is 16.1 Å². The van der Waals surface area contributed by atoms with Crippen LogP contribution in [0.4, 0.5) is 0 Å². The monoisotopic (exact) mass is 191 g/mol. The second-order valence-corrected chi connectivity index (χ2v) is 3.24. The summed E-state index contributed by atoms with van der Waals surface area (Å²) in [4.78, 5) is 15.0. The van der Waals surface area contributed by atoms with E-state index in [4.69, 9.17) is 17.3 Å². The molecule has 1 aromatic rings. The molecule has 1 aromatic heterocycles. The summed E-state index contributed by atoms with van der Waals surface area (Å²) in [6.07, 6.45) is 0. The first-order chi connectivity index (χ1) is 5.11. The lowest BCUT2D eigenvalue weighted by atomic mass is 10.8. The van der Waals surface area contributed by atoms with Gasteiger partial charge in [0.15, 0.2) is 0 Å². The minimum absolute atomic E-state index is 0.157. The largest absolute Gasteiger partial charge is 0.492 e. The smallest absolute Gasteiger partial charge is 0.330 e. The molecule has 0 aliphatic rings. The predicted octanol–water partition coefficient (Wildman–Crippen LogP) is 0.960. The molecule has 0 saturated heterocycles. The highest BCUT2D eigenvalue weighted by Crippen LogP contribution is 2.14. The third-order valence-corrected chi connectivity index (χ3v) is 2.01. The molecule has 0 amide bonds. The van der Waals surface area contributed by atoms with Crippen molar-refractivity contribution in [3.63, 3.8) is 0 Å². The maximum Gasteiger partial charge on any atom is 0.330 e. The van der Waals surface area contributed by atoms with Crippen LogP contribution in [0.5, 0.6) is 5.88 Å². The number of rotatable bonds is 1. The standard InChI is InChI=1S/C5H5NO3S2/c1-3(7)9-6-4(8)2-11-5(6)10/h2,8H,1H3. The quantitative estimate of drug-likeness (QED) is 0.672. The lowest BCUT2D eigenvalue weighted by Gasteiger charge is -1.99. The molecule has 0 saturated carbocycles. The molecule has 0 bridgehead atoms. The molecule has 1 heterocycles. The number of hydrogen-bond acceptors (Lipinski definition) is 5. The third-order valence-electron chi connectivity index (χ3n) is 0.859. The van der Waals surface area contributed by atoms with Crippen molar-refractivity contribution >= 4 is 29.5 Å². The molecule has 0 aliphatic heterocycles. The SMILES string of the molecule is CC(=O)On1c(O)csc1=S. The molecule has 1 rings (SSSR count). The van der Waals surface area contributed by atoms with Crippen LogP contribution in [0.15, 0.2) is 5.38 Å². The Morgan fingerprint density at radius 1 is 1.91 bits per heavy atom. The molecule has 0 fully saturated rings. The normalized spacial score (nSPS) is 9.55. The molecule has 6 heteroatoms. The zero-order chi connectivity index (χ0) is 8.43. The number of carbonyl (C=O) groups is 1. The van der Waals surface area contributed by atoms with Crippen LogP contribution in [0.2, 0.25) is 0 Å². The van der Waals surface area contributed by atoms with Crippen LogP contribution in [0.25, 0.3) is 0 Å². The van der Waals surface area contributed by atoms with E-state index in [2.05, 4.69) is 4.84 Å². The van der Waals surface area contributed by atoms with E-state index >= 15 is 0 Å². The molecule has 0 unspecified atom stereocenters. The minimum atomic E-state index is -0.519. The first-order valence-corrected chi connectivity index (χ1v) is 3.98. The van der Waals surface area contributed by atoms with Gasteiger partial charge in [0.2, 0.25) is 9.83 Å². The summed E-state index contributed by atoms with van der Waals surface area (Å²) in [7, 11) is 0. The maximum absolute atomic E-state index is 10.4. The van der Waals surface area contributed by atoms with Gasteiger partial charge in [0.1, 0.15) is 0 Å². The Bertz CT molecular complexity index is 327. The van der Waals surface area contributed by atoms with Crippen molar-refractivity contribution in [1.82, 2.24) is 4.73 Å². The van der Waals surface area contributed by atoms with Gasteiger partial charge < -0.3 is 9.94 Å². The summed E-state index contributed by atoms with van der Waals surface area (Å²) in [5, 5.41) is 10.4. The topological polar surface area (TPSA) is 51.5 Å². The van der Waals surface area contributed by atoms with E-state index in [1.165, 1.54) is 12.3 Å². The number of aromatic hydroxyl groups is 1. The van der Waals surface area contributed by atoms with Gasteiger partial charge in [-0.15, -0.1) is 16.1 Å². The molecule has 11 heavy (non-hydrogen) atoms. The molecule has 0 aromatic carbocycles. The van der Waals surface area contributed by atoms with Crippen molar-refractivity contribution in [2.75, 3.05) is 0 Å². The molecule has 0 radical (unpaired) electrons. The number of thiazole rings is 1. The van der Waals surface area contributed by atoms with Crippen molar-refractivity contribution < 1.29 is 14.7 Å². The summed E-state index contributed by atoms with van der Waals surface area (Å²) >= 11 is 5.86. The second kappa shape index (κ2) is 3.02. The highest BCUT2D eigenvalue weighted by molar-refractivity contribution is 7.73. The highest BCUT2D eigenvalue weighted by Gasteiger charge is 2.04. The zero-order valence-electron chi connectivity index (χ0n) is 5.60. The molecule has 60 valence electrons. The summed E-state index contributed by atoms with van der Waals surface area (Å²) in [6.45, 7) is 1.23. The van der Waals surface area contributed by atoms with E-state index < -0.39 is 5.97 Å². The van der Waals surface area contributed by atoms with Crippen LogP contribution in [0.1, 0.15) is 6.92 Å². The fourth-order valence-corrected chi connectivity index (χ4v) is 1.31. The van der Waals surface area contributed by atoms with Gasteiger partial charge in [-0.25, -0.2) is 4.79 Å². The molecule has 0 aliphatic carbocycles. The third kappa shape index (κ3) is 1.78. The van der Waals surface area contributed by atoms with Crippen LogP contribution in [-0.2, 0) is 4.79 Å². The first-order valence-electron chi connectivity index (χ1n) is 2.69. The van der Waals surface area contributed by atoms with Gasteiger partial charge >= 0.3 is 5.97 Å². The van der Waals surface area contributed by atoms with Crippen molar-refractivity contribution in [2.24, 2.45) is 0 Å². The fourth-order valence-electron chi connectivity index (χ4n) is 0.505. The van der Waals surface area contributed by atoms with Crippen molar-refractivity contribution in [3.8, 4) is 5.88 Å². The Hall–Kier alpha value is -0.880. The number of nitrogens with zero attached hydrogens (tertiary/aromatic N) is 1. The lowest BCUT2D eigenvalue weighted by Crippen LogP contribution is -2.15. The second-order valence-electron chi connectivity index (χ2n) is 1.74. The van der Waals surface area contributed by atoms with Crippen LogP contribution >= 0.6 is 23.6 Å². The Morgan fingerprint density at radius 2 is 2.55 bits per heavy atom. The van der Waals surface area contributed by atoms with E-state index in [1.807, 2.05) is 0 Å². The predicted molar refractivity (Wildman–Crippen MR) is 42.1 cm³/mol. The molecule has 1 N–H and O–H groups in total. The van der Waals surface area contributed by atoms with E-state index in [-0.39, 0.29) is 5.88 Å². The minimum Gasteiger partial charge on any atom is -0.492 e. The molecule has 0 spiro atoms.